The average molecular weight is 201 g/mol. The Labute approximate surface area is 81.9 Å². The number of ether oxygens (including phenoxy) is 1. The summed E-state index contributed by atoms with van der Waals surface area (Å²) >= 11 is 0. The Hall–Kier alpha value is -1.00. The molecule has 0 saturated carbocycles. The van der Waals surface area contributed by atoms with Crippen LogP contribution in [0.15, 0.2) is 18.2 Å². The molecule has 0 aromatic heterocycles. The minimum atomic E-state index is -0.573. The van der Waals surface area contributed by atoms with Gasteiger partial charge >= 0.3 is 0 Å². The molecule has 1 aromatic rings. The quantitative estimate of drug-likeness (QED) is 0.803. The lowest BCUT2D eigenvalue weighted by atomic mass is 10.1. The second kappa shape index (κ2) is 5.02. The molecule has 2 nitrogen and oxygen atoms in total. The van der Waals surface area contributed by atoms with Gasteiger partial charge in [-0.2, -0.15) is 0 Å². The van der Waals surface area contributed by atoms with Crippen LogP contribution in [0.4, 0.5) is 8.78 Å². The summed E-state index contributed by atoms with van der Waals surface area (Å²) in [6.07, 6.45) is 0. The van der Waals surface area contributed by atoms with Crippen molar-refractivity contribution in [1.82, 2.24) is 5.32 Å². The van der Waals surface area contributed by atoms with Crippen LogP contribution in [0, 0.1) is 11.6 Å². The maximum Gasteiger partial charge on any atom is 0.126 e. The molecule has 0 aliphatic rings. The molecule has 4 heteroatoms. The molecule has 1 aromatic carbocycles. The normalized spacial score (nSPS) is 12.9. The number of nitrogens with one attached hydrogen (secondary N) is 1. The molecule has 0 saturated heterocycles. The van der Waals surface area contributed by atoms with Crippen molar-refractivity contribution in [3.63, 3.8) is 0 Å². The lowest BCUT2D eigenvalue weighted by molar-refractivity contribution is 0.170. The Morgan fingerprint density at radius 3 is 2.29 bits per heavy atom. The highest BCUT2D eigenvalue weighted by Gasteiger charge is 2.10. The van der Waals surface area contributed by atoms with Crippen molar-refractivity contribution in [1.29, 1.82) is 0 Å². The zero-order valence-electron chi connectivity index (χ0n) is 8.18. The Morgan fingerprint density at radius 2 is 1.86 bits per heavy atom. The van der Waals surface area contributed by atoms with Crippen LogP contribution in [0.2, 0.25) is 0 Å². The molecule has 0 radical (unpaired) electrons. The summed E-state index contributed by atoms with van der Waals surface area (Å²) in [5.41, 5.74) is 0.548. The molecule has 0 amide bonds. The molecule has 78 valence electrons. The molecule has 0 aliphatic carbocycles. The number of benzene rings is 1. The summed E-state index contributed by atoms with van der Waals surface area (Å²) in [6, 6.07) is 3.25. The minimum Gasteiger partial charge on any atom is -0.383 e. The predicted molar refractivity (Wildman–Crippen MR) is 50.0 cm³/mol. The average Bonchev–Trinajstić information content (AvgIpc) is 2.12. The Balaban J connectivity index is 2.91. The smallest absolute Gasteiger partial charge is 0.126 e. The summed E-state index contributed by atoms with van der Waals surface area (Å²) < 4.78 is 30.6. The molecule has 1 N–H and O–H groups in total. The van der Waals surface area contributed by atoms with E-state index in [1.54, 1.807) is 14.2 Å². The van der Waals surface area contributed by atoms with Gasteiger partial charge in [0.15, 0.2) is 0 Å². The number of rotatable bonds is 4. The molecule has 1 atom stereocenters. The fraction of sp³-hybridized carbons (Fsp3) is 0.400. The van der Waals surface area contributed by atoms with E-state index in [0.29, 0.717) is 12.2 Å². The van der Waals surface area contributed by atoms with Crippen LogP contribution in [0.3, 0.4) is 0 Å². The summed E-state index contributed by atoms with van der Waals surface area (Å²) in [5.74, 6) is -1.15. The number of hydrogen-bond acceptors (Lipinski definition) is 2. The Morgan fingerprint density at radius 1 is 1.29 bits per heavy atom. The van der Waals surface area contributed by atoms with E-state index in [4.69, 9.17) is 4.74 Å². The van der Waals surface area contributed by atoms with Gasteiger partial charge in [-0.3, -0.25) is 0 Å². The van der Waals surface area contributed by atoms with E-state index in [1.165, 1.54) is 12.1 Å². The van der Waals surface area contributed by atoms with Gasteiger partial charge in [0.1, 0.15) is 11.6 Å². The number of methoxy groups -OCH3 is 1. The first-order chi connectivity index (χ1) is 6.67. The molecule has 0 aliphatic heterocycles. The largest absolute Gasteiger partial charge is 0.383 e. The molecule has 1 unspecified atom stereocenters. The van der Waals surface area contributed by atoms with Crippen LogP contribution < -0.4 is 5.32 Å². The molecular formula is C10H13F2NO. The van der Waals surface area contributed by atoms with E-state index < -0.39 is 11.6 Å². The van der Waals surface area contributed by atoms with Gasteiger partial charge in [0, 0.05) is 13.2 Å². The summed E-state index contributed by atoms with van der Waals surface area (Å²) in [4.78, 5) is 0. The minimum absolute atomic E-state index is 0.190. The highest BCUT2D eigenvalue weighted by atomic mass is 19.1. The van der Waals surface area contributed by atoms with Crippen LogP contribution in [0.25, 0.3) is 0 Å². The van der Waals surface area contributed by atoms with Crippen molar-refractivity contribution in [3.8, 4) is 0 Å². The van der Waals surface area contributed by atoms with Gasteiger partial charge < -0.3 is 10.1 Å². The molecule has 0 bridgehead atoms. The second-order valence-corrected chi connectivity index (χ2v) is 3.00. The van der Waals surface area contributed by atoms with Gasteiger partial charge in [-0.1, -0.05) is 0 Å². The lowest BCUT2D eigenvalue weighted by Gasteiger charge is -2.15. The molecule has 0 heterocycles. The molecule has 14 heavy (non-hydrogen) atoms. The highest BCUT2D eigenvalue weighted by Crippen LogP contribution is 2.16. The van der Waals surface area contributed by atoms with Crippen LogP contribution in [0.5, 0.6) is 0 Å². The van der Waals surface area contributed by atoms with Gasteiger partial charge in [0.2, 0.25) is 0 Å². The van der Waals surface area contributed by atoms with Gasteiger partial charge in [-0.05, 0) is 24.7 Å². The van der Waals surface area contributed by atoms with Crippen LogP contribution >= 0.6 is 0 Å². The SMILES string of the molecule is CNC(COC)c1cc(F)cc(F)c1. The van der Waals surface area contributed by atoms with E-state index in [-0.39, 0.29) is 6.04 Å². The fourth-order valence-corrected chi connectivity index (χ4v) is 1.29. The highest BCUT2D eigenvalue weighted by molar-refractivity contribution is 5.21. The van der Waals surface area contributed by atoms with Crippen molar-refractivity contribution in [2.45, 2.75) is 6.04 Å². The van der Waals surface area contributed by atoms with E-state index >= 15 is 0 Å². The lowest BCUT2D eigenvalue weighted by Crippen LogP contribution is -2.21. The Kier molecular flexibility index (Phi) is 3.98. The van der Waals surface area contributed by atoms with Gasteiger partial charge in [-0.25, -0.2) is 8.78 Å². The number of likely N-dealkylation sites (N-methyl/N-ethyl adjacent to an activating group) is 1. The van der Waals surface area contributed by atoms with Crippen molar-refractivity contribution in [2.75, 3.05) is 20.8 Å². The molecular weight excluding hydrogens is 188 g/mol. The second-order valence-electron chi connectivity index (χ2n) is 3.00. The van der Waals surface area contributed by atoms with Gasteiger partial charge in [0.25, 0.3) is 0 Å². The fourth-order valence-electron chi connectivity index (χ4n) is 1.29. The van der Waals surface area contributed by atoms with Crippen molar-refractivity contribution < 1.29 is 13.5 Å². The maximum absolute atomic E-state index is 12.9. The predicted octanol–water partition coefficient (Wildman–Crippen LogP) is 1.87. The van der Waals surface area contributed by atoms with Crippen molar-refractivity contribution >= 4 is 0 Å². The molecule has 0 spiro atoms. The molecule has 1 rings (SSSR count). The summed E-state index contributed by atoms with van der Waals surface area (Å²) in [6.45, 7) is 0.374. The molecule has 0 fully saturated rings. The van der Waals surface area contributed by atoms with Gasteiger partial charge in [-0.15, -0.1) is 0 Å². The van der Waals surface area contributed by atoms with Crippen LogP contribution in [-0.4, -0.2) is 20.8 Å². The first kappa shape index (κ1) is 11.1. The van der Waals surface area contributed by atoms with E-state index in [2.05, 4.69) is 5.32 Å². The zero-order chi connectivity index (χ0) is 10.6. The summed E-state index contributed by atoms with van der Waals surface area (Å²) in [7, 11) is 3.26. The first-order valence-corrected chi connectivity index (χ1v) is 4.29. The third-order valence-electron chi connectivity index (χ3n) is 1.97. The Bertz CT molecular complexity index is 284. The third kappa shape index (κ3) is 2.75. The third-order valence-corrected chi connectivity index (χ3v) is 1.97. The first-order valence-electron chi connectivity index (χ1n) is 4.29. The zero-order valence-corrected chi connectivity index (χ0v) is 8.18. The van der Waals surface area contributed by atoms with Crippen LogP contribution in [-0.2, 0) is 4.74 Å². The van der Waals surface area contributed by atoms with Gasteiger partial charge in [0.05, 0.1) is 12.6 Å². The van der Waals surface area contributed by atoms with Crippen molar-refractivity contribution in [3.05, 3.63) is 35.4 Å². The summed E-state index contributed by atoms with van der Waals surface area (Å²) in [5, 5.41) is 2.92. The van der Waals surface area contributed by atoms with Crippen molar-refractivity contribution in [2.24, 2.45) is 0 Å². The van der Waals surface area contributed by atoms with E-state index in [9.17, 15) is 8.78 Å². The topological polar surface area (TPSA) is 21.3 Å². The maximum atomic E-state index is 12.9. The standard InChI is InChI=1S/C10H13F2NO/c1-13-10(6-14-2)7-3-8(11)5-9(12)4-7/h3-5,10,13H,6H2,1-2H3. The van der Waals surface area contributed by atoms with E-state index in [0.717, 1.165) is 6.07 Å². The number of halogens is 2. The monoisotopic (exact) mass is 201 g/mol. The van der Waals surface area contributed by atoms with E-state index in [1.807, 2.05) is 0 Å². The number of hydrogen-bond donors (Lipinski definition) is 1. The van der Waals surface area contributed by atoms with Crippen LogP contribution in [0.1, 0.15) is 11.6 Å².